The van der Waals surface area contributed by atoms with Crippen LogP contribution in [0.15, 0.2) is 0 Å². The van der Waals surface area contributed by atoms with Gasteiger partial charge in [-0.2, -0.15) is 0 Å². The van der Waals surface area contributed by atoms with Crippen LogP contribution in [0.2, 0.25) is 0 Å². The highest BCUT2D eigenvalue weighted by atomic mass is 32.2. The number of aliphatic carboxylic acids is 1. The van der Waals surface area contributed by atoms with Crippen molar-refractivity contribution in [1.82, 2.24) is 10.6 Å². The summed E-state index contributed by atoms with van der Waals surface area (Å²) in [6.45, 7) is 1.76. The Bertz CT molecular complexity index is 454. The molecule has 7 nitrogen and oxygen atoms in total. The van der Waals surface area contributed by atoms with Gasteiger partial charge in [-0.05, 0) is 19.3 Å². The lowest BCUT2D eigenvalue weighted by atomic mass is 9.98. The Morgan fingerprint density at radius 2 is 1.80 bits per heavy atom. The molecule has 1 rings (SSSR count). The average Bonchev–Trinajstić information content (AvgIpc) is 2.78. The molecule has 1 saturated carbocycles. The highest BCUT2D eigenvalue weighted by molar-refractivity contribution is 7.91. The second-order valence-electron chi connectivity index (χ2n) is 5.13. The third-order valence-electron chi connectivity index (χ3n) is 3.43. The van der Waals surface area contributed by atoms with Gasteiger partial charge in [-0.15, -0.1) is 0 Å². The van der Waals surface area contributed by atoms with E-state index in [-0.39, 0.29) is 18.1 Å². The van der Waals surface area contributed by atoms with Gasteiger partial charge in [-0.25, -0.2) is 18.0 Å². The predicted molar refractivity (Wildman–Crippen MR) is 74.3 cm³/mol. The maximum atomic E-state index is 11.7. The topological polar surface area (TPSA) is 113 Å². The maximum absolute atomic E-state index is 11.7. The SMILES string of the molecule is CCCS(=O)(=O)CCNC(=O)NC1(C(=O)O)CCCC1. The summed E-state index contributed by atoms with van der Waals surface area (Å²) in [5, 5.41) is 14.1. The van der Waals surface area contributed by atoms with E-state index >= 15 is 0 Å². The molecule has 0 aliphatic heterocycles. The lowest BCUT2D eigenvalue weighted by Gasteiger charge is -2.25. The van der Waals surface area contributed by atoms with Gasteiger partial charge >= 0.3 is 12.0 Å². The van der Waals surface area contributed by atoms with Crippen molar-refractivity contribution in [2.24, 2.45) is 0 Å². The third kappa shape index (κ3) is 4.66. The van der Waals surface area contributed by atoms with E-state index in [0.29, 0.717) is 19.3 Å². The van der Waals surface area contributed by atoms with Crippen LogP contribution in [-0.2, 0) is 14.6 Å². The van der Waals surface area contributed by atoms with E-state index < -0.39 is 27.4 Å². The molecule has 1 fully saturated rings. The highest BCUT2D eigenvalue weighted by Crippen LogP contribution is 2.29. The van der Waals surface area contributed by atoms with Gasteiger partial charge < -0.3 is 15.7 Å². The Morgan fingerprint density at radius 1 is 1.20 bits per heavy atom. The molecule has 0 saturated heterocycles. The van der Waals surface area contributed by atoms with Gasteiger partial charge in [-0.3, -0.25) is 0 Å². The molecule has 0 unspecified atom stereocenters. The van der Waals surface area contributed by atoms with Gasteiger partial charge in [0.15, 0.2) is 9.84 Å². The molecule has 0 spiro atoms. The molecule has 0 aromatic heterocycles. The molecule has 0 atom stereocenters. The minimum absolute atomic E-state index is 0.0101. The summed E-state index contributed by atoms with van der Waals surface area (Å²) in [6.07, 6.45) is 2.87. The lowest BCUT2D eigenvalue weighted by molar-refractivity contribution is -0.144. The van der Waals surface area contributed by atoms with Crippen LogP contribution in [-0.4, -0.2) is 49.1 Å². The summed E-state index contributed by atoms with van der Waals surface area (Å²) in [5.41, 5.74) is -1.20. The van der Waals surface area contributed by atoms with Crippen LogP contribution in [0.1, 0.15) is 39.0 Å². The fourth-order valence-corrected chi connectivity index (χ4v) is 3.60. The first-order chi connectivity index (χ1) is 9.31. The van der Waals surface area contributed by atoms with Crippen molar-refractivity contribution in [3.8, 4) is 0 Å². The van der Waals surface area contributed by atoms with Gasteiger partial charge in [0, 0.05) is 12.3 Å². The zero-order valence-corrected chi connectivity index (χ0v) is 12.5. The van der Waals surface area contributed by atoms with E-state index in [1.165, 1.54) is 0 Å². The van der Waals surface area contributed by atoms with Gasteiger partial charge in [0.25, 0.3) is 0 Å². The van der Waals surface area contributed by atoms with E-state index in [1.54, 1.807) is 6.92 Å². The minimum Gasteiger partial charge on any atom is -0.480 e. The number of sulfone groups is 1. The van der Waals surface area contributed by atoms with Crippen LogP contribution >= 0.6 is 0 Å². The summed E-state index contributed by atoms with van der Waals surface area (Å²) < 4.78 is 22.9. The van der Waals surface area contributed by atoms with Crippen molar-refractivity contribution in [2.75, 3.05) is 18.1 Å². The first kappa shape index (κ1) is 16.7. The molecule has 0 heterocycles. The highest BCUT2D eigenvalue weighted by Gasteiger charge is 2.42. The summed E-state index contributed by atoms with van der Waals surface area (Å²) in [7, 11) is -3.14. The number of amides is 2. The number of hydrogen-bond donors (Lipinski definition) is 3. The summed E-state index contributed by atoms with van der Waals surface area (Å²) in [6, 6.07) is -0.624. The fraction of sp³-hybridized carbons (Fsp3) is 0.833. The van der Waals surface area contributed by atoms with Crippen molar-refractivity contribution in [3.05, 3.63) is 0 Å². The lowest BCUT2D eigenvalue weighted by Crippen LogP contribution is -2.55. The number of carboxylic acid groups (broad SMARTS) is 1. The predicted octanol–water partition coefficient (Wildman–Crippen LogP) is 0.508. The first-order valence-corrected chi connectivity index (χ1v) is 8.63. The van der Waals surface area contributed by atoms with Crippen LogP contribution in [0.4, 0.5) is 4.79 Å². The number of carbonyl (C=O) groups excluding carboxylic acids is 1. The molecule has 0 aromatic carbocycles. The van der Waals surface area contributed by atoms with E-state index in [0.717, 1.165) is 12.8 Å². The van der Waals surface area contributed by atoms with E-state index in [4.69, 9.17) is 0 Å². The Hall–Kier alpha value is -1.31. The second kappa shape index (κ2) is 6.92. The largest absolute Gasteiger partial charge is 0.480 e. The first-order valence-electron chi connectivity index (χ1n) is 6.81. The van der Waals surface area contributed by atoms with Gasteiger partial charge in [0.2, 0.25) is 0 Å². The molecule has 0 aromatic rings. The standard InChI is InChI=1S/C12H22N2O5S/c1-2-8-20(18,19)9-7-13-11(17)14-12(10(15)16)5-3-4-6-12/h2-9H2,1H3,(H,15,16)(H2,13,14,17). The molecule has 20 heavy (non-hydrogen) atoms. The Morgan fingerprint density at radius 3 is 2.30 bits per heavy atom. The molecule has 0 radical (unpaired) electrons. The van der Waals surface area contributed by atoms with E-state index in [1.807, 2.05) is 0 Å². The molecule has 2 amide bonds. The molecule has 1 aliphatic carbocycles. The monoisotopic (exact) mass is 306 g/mol. The van der Waals surface area contributed by atoms with Crippen molar-refractivity contribution in [1.29, 1.82) is 0 Å². The number of urea groups is 1. The fourth-order valence-electron chi connectivity index (χ4n) is 2.37. The van der Waals surface area contributed by atoms with Crippen LogP contribution in [0, 0.1) is 0 Å². The smallest absolute Gasteiger partial charge is 0.329 e. The van der Waals surface area contributed by atoms with Gasteiger partial charge in [-0.1, -0.05) is 19.8 Å². The molecule has 1 aliphatic rings. The van der Waals surface area contributed by atoms with Crippen molar-refractivity contribution in [3.63, 3.8) is 0 Å². The molecular formula is C12H22N2O5S. The van der Waals surface area contributed by atoms with Crippen molar-refractivity contribution < 1.29 is 23.1 Å². The molecular weight excluding hydrogens is 284 g/mol. The Balaban J connectivity index is 2.42. The Kier molecular flexibility index (Phi) is 5.79. The maximum Gasteiger partial charge on any atom is 0.329 e. The van der Waals surface area contributed by atoms with Crippen molar-refractivity contribution >= 4 is 21.8 Å². The normalized spacial score (nSPS) is 17.6. The van der Waals surface area contributed by atoms with Crippen LogP contribution in [0.25, 0.3) is 0 Å². The van der Waals surface area contributed by atoms with Crippen molar-refractivity contribution in [2.45, 2.75) is 44.6 Å². The molecule has 0 bridgehead atoms. The number of hydrogen-bond acceptors (Lipinski definition) is 4. The quantitative estimate of drug-likeness (QED) is 0.634. The molecule has 3 N–H and O–H groups in total. The molecule has 8 heteroatoms. The Labute approximate surface area is 119 Å². The number of carboxylic acids is 1. The second-order valence-corrected chi connectivity index (χ2v) is 7.43. The molecule has 116 valence electrons. The van der Waals surface area contributed by atoms with Gasteiger partial charge in [0.1, 0.15) is 5.54 Å². The number of carbonyl (C=O) groups is 2. The number of nitrogens with one attached hydrogen (secondary N) is 2. The van der Waals surface area contributed by atoms with E-state index in [9.17, 15) is 23.1 Å². The number of rotatable bonds is 7. The summed E-state index contributed by atoms with van der Waals surface area (Å²) in [5.74, 6) is -1.08. The zero-order chi connectivity index (χ0) is 15.2. The minimum atomic E-state index is -3.14. The van der Waals surface area contributed by atoms with Crippen LogP contribution in [0.5, 0.6) is 0 Å². The van der Waals surface area contributed by atoms with Crippen LogP contribution < -0.4 is 10.6 Å². The average molecular weight is 306 g/mol. The zero-order valence-electron chi connectivity index (χ0n) is 11.6. The summed E-state index contributed by atoms with van der Waals surface area (Å²) in [4.78, 5) is 22.9. The summed E-state index contributed by atoms with van der Waals surface area (Å²) >= 11 is 0. The van der Waals surface area contributed by atoms with E-state index in [2.05, 4.69) is 10.6 Å². The third-order valence-corrected chi connectivity index (χ3v) is 5.29. The van der Waals surface area contributed by atoms with Gasteiger partial charge in [0.05, 0.1) is 5.75 Å². The van der Waals surface area contributed by atoms with Crippen LogP contribution in [0.3, 0.4) is 0 Å².